The van der Waals surface area contributed by atoms with Crippen molar-refractivity contribution in [1.29, 1.82) is 0 Å². The van der Waals surface area contributed by atoms with Gasteiger partial charge in [-0.2, -0.15) is 0 Å². The van der Waals surface area contributed by atoms with E-state index >= 15 is 0 Å². The van der Waals surface area contributed by atoms with Crippen LogP contribution in [0.4, 0.5) is 0 Å². The summed E-state index contributed by atoms with van der Waals surface area (Å²) in [6.07, 6.45) is 8.15. The molecule has 96 valence electrons. The van der Waals surface area contributed by atoms with E-state index in [1.165, 1.54) is 38.5 Å². The first-order valence-corrected chi connectivity index (χ1v) is 6.96. The molecule has 1 N–H and O–H groups in total. The first kappa shape index (κ1) is 14.2. The highest BCUT2D eigenvalue weighted by molar-refractivity contribution is 5.09. The van der Waals surface area contributed by atoms with E-state index in [1.807, 2.05) is 13.0 Å². The van der Waals surface area contributed by atoms with Gasteiger partial charge in [0.2, 0.25) is 0 Å². The summed E-state index contributed by atoms with van der Waals surface area (Å²) in [5.41, 5.74) is 2.25. The molecular formula is C15H26N2. The molecule has 17 heavy (non-hydrogen) atoms. The maximum absolute atomic E-state index is 4.47. The molecule has 0 aromatic carbocycles. The fraction of sp³-hybridized carbons (Fsp3) is 0.667. The molecule has 0 aliphatic heterocycles. The van der Waals surface area contributed by atoms with E-state index in [-0.39, 0.29) is 0 Å². The van der Waals surface area contributed by atoms with E-state index < -0.39 is 0 Å². The van der Waals surface area contributed by atoms with Crippen LogP contribution < -0.4 is 5.32 Å². The number of nitrogens with zero attached hydrogens (tertiary/aromatic N) is 1. The Bertz CT molecular complexity index is 297. The van der Waals surface area contributed by atoms with Gasteiger partial charge in [-0.1, -0.05) is 45.1 Å². The molecule has 0 saturated carbocycles. The molecule has 1 aromatic heterocycles. The number of rotatable bonds is 9. The zero-order chi connectivity index (χ0) is 12.3. The summed E-state index contributed by atoms with van der Waals surface area (Å²) in [7, 11) is 0. The zero-order valence-corrected chi connectivity index (χ0v) is 11.3. The van der Waals surface area contributed by atoms with Gasteiger partial charge in [0, 0.05) is 12.2 Å². The van der Waals surface area contributed by atoms with Gasteiger partial charge in [0.25, 0.3) is 0 Å². The van der Waals surface area contributed by atoms with Crippen molar-refractivity contribution in [2.75, 3.05) is 6.54 Å². The largest absolute Gasteiger partial charge is 0.311 e. The van der Waals surface area contributed by atoms with Gasteiger partial charge in [0.05, 0.1) is 5.69 Å². The van der Waals surface area contributed by atoms with Crippen LogP contribution in [0.25, 0.3) is 0 Å². The van der Waals surface area contributed by atoms with Gasteiger partial charge in [-0.15, -0.1) is 0 Å². The third-order valence-corrected chi connectivity index (χ3v) is 2.96. The standard InChI is InChI=1S/C15H26N2/c1-3-4-5-6-7-8-12-16-13-15-11-9-10-14(2)17-15/h9-11,16H,3-8,12-13H2,1-2H3. The van der Waals surface area contributed by atoms with Crippen molar-refractivity contribution in [3.8, 4) is 0 Å². The van der Waals surface area contributed by atoms with Gasteiger partial charge in [-0.05, 0) is 32.0 Å². The summed E-state index contributed by atoms with van der Waals surface area (Å²) in [5, 5.41) is 3.46. The summed E-state index contributed by atoms with van der Waals surface area (Å²) in [6.45, 7) is 6.31. The second-order valence-electron chi connectivity index (χ2n) is 4.71. The Hall–Kier alpha value is -0.890. The van der Waals surface area contributed by atoms with Crippen LogP contribution in [-0.2, 0) is 6.54 Å². The number of unbranched alkanes of at least 4 members (excludes halogenated alkanes) is 5. The van der Waals surface area contributed by atoms with Crippen molar-refractivity contribution in [3.05, 3.63) is 29.6 Å². The lowest BCUT2D eigenvalue weighted by Crippen LogP contribution is -2.15. The molecular weight excluding hydrogens is 208 g/mol. The van der Waals surface area contributed by atoms with Gasteiger partial charge in [0.15, 0.2) is 0 Å². The molecule has 0 unspecified atom stereocenters. The highest BCUT2D eigenvalue weighted by Gasteiger charge is 1.94. The Kier molecular flexibility index (Phi) is 7.65. The Labute approximate surface area is 106 Å². The van der Waals surface area contributed by atoms with E-state index in [1.54, 1.807) is 0 Å². The van der Waals surface area contributed by atoms with Crippen LogP contribution >= 0.6 is 0 Å². The molecule has 0 spiro atoms. The monoisotopic (exact) mass is 234 g/mol. The van der Waals surface area contributed by atoms with Crippen LogP contribution in [0.2, 0.25) is 0 Å². The van der Waals surface area contributed by atoms with Crippen molar-refractivity contribution >= 4 is 0 Å². The molecule has 2 nitrogen and oxygen atoms in total. The average Bonchev–Trinajstić information content (AvgIpc) is 2.33. The van der Waals surface area contributed by atoms with Crippen LogP contribution in [-0.4, -0.2) is 11.5 Å². The summed E-state index contributed by atoms with van der Waals surface area (Å²) in [6, 6.07) is 6.20. The Balaban J connectivity index is 1.97. The maximum atomic E-state index is 4.47. The van der Waals surface area contributed by atoms with Crippen LogP contribution in [0.5, 0.6) is 0 Å². The van der Waals surface area contributed by atoms with E-state index in [2.05, 4.69) is 29.4 Å². The molecule has 0 saturated heterocycles. The summed E-state index contributed by atoms with van der Waals surface area (Å²) >= 11 is 0. The highest BCUT2D eigenvalue weighted by Crippen LogP contribution is 2.04. The smallest absolute Gasteiger partial charge is 0.0544 e. The minimum Gasteiger partial charge on any atom is -0.311 e. The summed E-state index contributed by atoms with van der Waals surface area (Å²) in [5.74, 6) is 0. The second-order valence-corrected chi connectivity index (χ2v) is 4.71. The molecule has 0 amide bonds. The molecule has 1 heterocycles. The van der Waals surface area contributed by atoms with Gasteiger partial charge in [-0.25, -0.2) is 0 Å². The normalized spacial score (nSPS) is 10.7. The molecule has 1 rings (SSSR count). The quantitative estimate of drug-likeness (QED) is 0.657. The topological polar surface area (TPSA) is 24.9 Å². The van der Waals surface area contributed by atoms with Crippen LogP contribution in [0.15, 0.2) is 18.2 Å². The third kappa shape index (κ3) is 7.11. The third-order valence-electron chi connectivity index (χ3n) is 2.96. The van der Waals surface area contributed by atoms with Crippen LogP contribution in [0.3, 0.4) is 0 Å². The lowest BCUT2D eigenvalue weighted by Gasteiger charge is -2.05. The van der Waals surface area contributed by atoms with Crippen LogP contribution in [0, 0.1) is 6.92 Å². The van der Waals surface area contributed by atoms with Gasteiger partial charge < -0.3 is 5.32 Å². The van der Waals surface area contributed by atoms with Crippen LogP contribution in [0.1, 0.15) is 56.8 Å². The number of hydrogen-bond acceptors (Lipinski definition) is 2. The first-order valence-electron chi connectivity index (χ1n) is 6.96. The predicted octanol–water partition coefficient (Wildman–Crippen LogP) is 3.84. The molecule has 2 heteroatoms. The lowest BCUT2D eigenvalue weighted by molar-refractivity contribution is 0.569. The van der Waals surface area contributed by atoms with Gasteiger partial charge in [-0.3, -0.25) is 4.98 Å². The fourth-order valence-electron chi connectivity index (χ4n) is 1.94. The maximum Gasteiger partial charge on any atom is 0.0544 e. The Morgan fingerprint density at radius 1 is 1.06 bits per heavy atom. The van der Waals surface area contributed by atoms with Crippen molar-refractivity contribution in [2.45, 2.75) is 58.9 Å². The Morgan fingerprint density at radius 2 is 1.82 bits per heavy atom. The number of pyridine rings is 1. The van der Waals surface area contributed by atoms with Crippen molar-refractivity contribution in [2.24, 2.45) is 0 Å². The molecule has 0 aliphatic carbocycles. The van der Waals surface area contributed by atoms with Crippen molar-refractivity contribution < 1.29 is 0 Å². The van der Waals surface area contributed by atoms with Crippen molar-refractivity contribution in [3.63, 3.8) is 0 Å². The molecule has 0 bridgehead atoms. The minimum atomic E-state index is 0.899. The Morgan fingerprint density at radius 3 is 2.59 bits per heavy atom. The second kappa shape index (κ2) is 9.17. The first-order chi connectivity index (χ1) is 8.33. The molecule has 0 fully saturated rings. The highest BCUT2D eigenvalue weighted by atomic mass is 14.9. The number of aryl methyl sites for hydroxylation is 1. The number of aromatic nitrogens is 1. The van der Waals surface area contributed by atoms with E-state index in [0.29, 0.717) is 0 Å². The fourth-order valence-corrected chi connectivity index (χ4v) is 1.94. The van der Waals surface area contributed by atoms with Crippen molar-refractivity contribution in [1.82, 2.24) is 10.3 Å². The van der Waals surface area contributed by atoms with E-state index in [4.69, 9.17) is 0 Å². The summed E-state index contributed by atoms with van der Waals surface area (Å²) < 4.78 is 0. The minimum absolute atomic E-state index is 0.899. The lowest BCUT2D eigenvalue weighted by atomic mass is 10.1. The number of hydrogen-bond donors (Lipinski definition) is 1. The molecule has 0 atom stereocenters. The molecule has 0 aliphatic rings. The zero-order valence-electron chi connectivity index (χ0n) is 11.3. The molecule has 1 aromatic rings. The molecule has 0 radical (unpaired) electrons. The van der Waals surface area contributed by atoms with E-state index in [9.17, 15) is 0 Å². The predicted molar refractivity (Wildman–Crippen MR) is 74.1 cm³/mol. The average molecular weight is 234 g/mol. The summed E-state index contributed by atoms with van der Waals surface area (Å²) in [4.78, 5) is 4.47. The SMILES string of the molecule is CCCCCCCCNCc1cccc(C)n1. The van der Waals surface area contributed by atoms with E-state index in [0.717, 1.165) is 24.5 Å². The van der Waals surface area contributed by atoms with Gasteiger partial charge >= 0.3 is 0 Å². The number of nitrogens with one attached hydrogen (secondary N) is 1. The van der Waals surface area contributed by atoms with Gasteiger partial charge in [0.1, 0.15) is 0 Å².